The van der Waals surface area contributed by atoms with Gasteiger partial charge in [0.05, 0.1) is 23.5 Å². The predicted octanol–water partition coefficient (Wildman–Crippen LogP) is 4.90. The molecule has 0 saturated carbocycles. The van der Waals surface area contributed by atoms with E-state index in [4.69, 9.17) is 9.15 Å². The largest absolute Gasteiger partial charge is 0.462 e. The van der Waals surface area contributed by atoms with Gasteiger partial charge in [0.2, 0.25) is 0 Å². The number of benzene rings is 2. The summed E-state index contributed by atoms with van der Waals surface area (Å²) < 4.78 is 36.5. The monoisotopic (exact) mass is 469 g/mol. The number of carbonyl (C=O) groups excluding carboxylic acids is 2. The maximum atomic E-state index is 12.8. The number of anilines is 1. The highest BCUT2D eigenvalue weighted by Crippen LogP contribution is 2.29. The van der Waals surface area contributed by atoms with Crippen LogP contribution in [0.2, 0.25) is 0 Å². The van der Waals surface area contributed by atoms with Gasteiger partial charge in [0.15, 0.2) is 15.6 Å². The molecule has 0 saturated heterocycles. The number of fused-ring (bicyclic) bond motifs is 1. The first-order valence-corrected chi connectivity index (χ1v) is 12.2. The van der Waals surface area contributed by atoms with E-state index in [1.54, 1.807) is 49.4 Å². The molecule has 1 amide bonds. The molecule has 0 radical (unpaired) electrons. The van der Waals surface area contributed by atoms with Crippen LogP contribution in [0.25, 0.3) is 10.1 Å². The van der Waals surface area contributed by atoms with E-state index in [1.165, 1.54) is 35.8 Å². The Hall–Kier alpha value is -3.43. The van der Waals surface area contributed by atoms with Gasteiger partial charge in [0.1, 0.15) is 4.88 Å². The Morgan fingerprint density at radius 2 is 1.84 bits per heavy atom. The summed E-state index contributed by atoms with van der Waals surface area (Å²) in [5.74, 6) is -1.38. The lowest BCUT2D eigenvalue weighted by molar-refractivity contribution is 0.0532. The zero-order chi connectivity index (χ0) is 22.7. The molecule has 164 valence electrons. The summed E-state index contributed by atoms with van der Waals surface area (Å²) in [6.45, 7) is 2.03. The molecule has 0 fully saturated rings. The van der Waals surface area contributed by atoms with Crippen LogP contribution in [0.5, 0.6) is 0 Å². The number of esters is 1. The highest BCUT2D eigenvalue weighted by molar-refractivity contribution is 7.90. The second-order valence-corrected chi connectivity index (χ2v) is 9.96. The molecule has 0 aliphatic carbocycles. The molecule has 4 rings (SSSR count). The molecule has 4 aromatic rings. The quantitative estimate of drug-likeness (QED) is 0.386. The van der Waals surface area contributed by atoms with Crippen molar-refractivity contribution in [1.82, 2.24) is 0 Å². The van der Waals surface area contributed by atoms with Crippen molar-refractivity contribution in [1.29, 1.82) is 0 Å². The lowest BCUT2D eigenvalue weighted by atomic mass is 10.2. The van der Waals surface area contributed by atoms with Crippen LogP contribution >= 0.6 is 11.3 Å². The summed E-state index contributed by atoms with van der Waals surface area (Å²) in [5.41, 5.74) is 0.761. The molecule has 1 N–H and O–H groups in total. The molecule has 0 unspecified atom stereocenters. The molecule has 0 aliphatic rings. The Morgan fingerprint density at radius 1 is 1.06 bits per heavy atom. The minimum atomic E-state index is -3.63. The van der Waals surface area contributed by atoms with E-state index in [0.717, 1.165) is 10.1 Å². The summed E-state index contributed by atoms with van der Waals surface area (Å²) in [4.78, 5) is 25.4. The third-order valence-electron chi connectivity index (χ3n) is 4.65. The van der Waals surface area contributed by atoms with E-state index in [0.29, 0.717) is 17.2 Å². The molecular formula is C23H19NO6S2. The van der Waals surface area contributed by atoms with Crippen LogP contribution in [0.4, 0.5) is 5.69 Å². The first-order valence-electron chi connectivity index (χ1n) is 9.73. The van der Waals surface area contributed by atoms with E-state index >= 15 is 0 Å². The molecule has 0 atom stereocenters. The molecule has 7 nitrogen and oxygen atoms in total. The summed E-state index contributed by atoms with van der Waals surface area (Å²) in [6.07, 6.45) is 1.29. The van der Waals surface area contributed by atoms with Gasteiger partial charge in [-0.2, -0.15) is 0 Å². The first kappa shape index (κ1) is 21.8. The number of nitrogens with one attached hydrogen (secondary N) is 1. The molecule has 0 aliphatic heterocycles. The smallest absolute Gasteiger partial charge is 0.348 e. The second kappa shape index (κ2) is 8.97. The van der Waals surface area contributed by atoms with E-state index in [-0.39, 0.29) is 27.9 Å². The average molecular weight is 470 g/mol. The minimum absolute atomic E-state index is 0.0675. The molecule has 0 spiro atoms. The van der Waals surface area contributed by atoms with Gasteiger partial charge < -0.3 is 14.5 Å². The van der Waals surface area contributed by atoms with Gasteiger partial charge in [0, 0.05) is 16.0 Å². The molecule has 2 aromatic heterocycles. The Balaban J connectivity index is 1.53. The van der Waals surface area contributed by atoms with E-state index < -0.39 is 15.7 Å². The van der Waals surface area contributed by atoms with Crippen LogP contribution in [-0.4, -0.2) is 26.9 Å². The van der Waals surface area contributed by atoms with Crippen molar-refractivity contribution < 1.29 is 27.2 Å². The summed E-state index contributed by atoms with van der Waals surface area (Å²) in [7, 11) is -3.63. The fraction of sp³-hybridized carbons (Fsp3) is 0.130. The summed E-state index contributed by atoms with van der Waals surface area (Å²) in [5, 5.41) is 3.51. The molecule has 0 bridgehead atoms. The zero-order valence-corrected chi connectivity index (χ0v) is 18.7. The van der Waals surface area contributed by atoms with Crippen LogP contribution in [0.15, 0.2) is 76.2 Å². The lowest BCUT2D eigenvalue weighted by Gasteiger charge is -2.07. The van der Waals surface area contributed by atoms with Gasteiger partial charge in [-0.15, -0.1) is 11.3 Å². The van der Waals surface area contributed by atoms with Crippen LogP contribution in [-0.2, 0) is 20.3 Å². The van der Waals surface area contributed by atoms with E-state index in [1.807, 2.05) is 0 Å². The zero-order valence-electron chi connectivity index (χ0n) is 17.0. The second-order valence-electron chi connectivity index (χ2n) is 6.88. The topological polar surface area (TPSA) is 103 Å². The van der Waals surface area contributed by atoms with Crippen molar-refractivity contribution in [3.8, 4) is 0 Å². The van der Waals surface area contributed by atoms with E-state index in [9.17, 15) is 18.0 Å². The lowest BCUT2D eigenvalue weighted by Crippen LogP contribution is -2.14. The van der Waals surface area contributed by atoms with Crippen molar-refractivity contribution in [2.45, 2.75) is 17.6 Å². The highest BCUT2D eigenvalue weighted by Gasteiger charge is 2.23. The Morgan fingerprint density at radius 3 is 2.59 bits per heavy atom. The predicted molar refractivity (Wildman–Crippen MR) is 122 cm³/mol. The fourth-order valence-electron chi connectivity index (χ4n) is 3.18. The molecule has 9 heteroatoms. The van der Waals surface area contributed by atoms with Gasteiger partial charge in [-0.3, -0.25) is 4.79 Å². The van der Waals surface area contributed by atoms with E-state index in [2.05, 4.69) is 5.32 Å². The highest BCUT2D eigenvalue weighted by atomic mass is 32.2. The third kappa shape index (κ3) is 4.58. The maximum absolute atomic E-state index is 12.8. The molecule has 2 aromatic carbocycles. The first-order chi connectivity index (χ1) is 15.4. The number of amides is 1. The van der Waals surface area contributed by atoms with Crippen molar-refractivity contribution >= 4 is 48.8 Å². The molecular weight excluding hydrogens is 450 g/mol. The standard InChI is InChI=1S/C23H19NO6S2/c1-2-29-23(26)20-13-16-12-17(8-9-19(16)31-20)24-22(25)21-15(10-11-30-21)14-32(27,28)18-6-4-3-5-7-18/h3-13H,2,14H2,1H3,(H,24,25). The van der Waals surface area contributed by atoms with Crippen LogP contribution in [0, 0.1) is 0 Å². The van der Waals surface area contributed by atoms with Gasteiger partial charge in [0.25, 0.3) is 5.91 Å². The van der Waals surface area contributed by atoms with Gasteiger partial charge in [-0.25, -0.2) is 13.2 Å². The van der Waals surface area contributed by atoms with Gasteiger partial charge >= 0.3 is 5.97 Å². The summed E-state index contributed by atoms with van der Waals surface area (Å²) >= 11 is 1.30. The summed E-state index contributed by atoms with van der Waals surface area (Å²) in [6, 6.07) is 16.4. The Bertz CT molecular complexity index is 1390. The normalized spacial score (nSPS) is 11.4. The van der Waals surface area contributed by atoms with Gasteiger partial charge in [-0.05, 0) is 54.8 Å². The van der Waals surface area contributed by atoms with Crippen LogP contribution < -0.4 is 5.32 Å². The number of ether oxygens (including phenoxy) is 1. The molecule has 2 heterocycles. The van der Waals surface area contributed by atoms with Crippen molar-refractivity contribution in [2.24, 2.45) is 0 Å². The SMILES string of the molecule is CCOC(=O)c1cc2cc(NC(=O)c3occc3CS(=O)(=O)c3ccccc3)ccc2s1. The number of hydrogen-bond donors (Lipinski definition) is 1. The number of thiophene rings is 1. The van der Waals surface area contributed by atoms with Crippen molar-refractivity contribution in [3.63, 3.8) is 0 Å². The number of carbonyl (C=O) groups is 2. The average Bonchev–Trinajstić information content (AvgIpc) is 3.41. The number of sulfone groups is 1. The third-order valence-corrected chi connectivity index (χ3v) is 7.43. The molecule has 32 heavy (non-hydrogen) atoms. The van der Waals surface area contributed by atoms with Gasteiger partial charge in [-0.1, -0.05) is 18.2 Å². The Kier molecular flexibility index (Phi) is 6.11. The Labute approximate surface area is 188 Å². The maximum Gasteiger partial charge on any atom is 0.348 e. The number of furan rings is 1. The number of hydrogen-bond acceptors (Lipinski definition) is 7. The van der Waals surface area contributed by atoms with Crippen LogP contribution in [0.3, 0.4) is 0 Å². The fourth-order valence-corrected chi connectivity index (χ4v) is 5.49. The van der Waals surface area contributed by atoms with Crippen molar-refractivity contribution in [2.75, 3.05) is 11.9 Å². The number of rotatable bonds is 7. The van der Waals surface area contributed by atoms with Crippen LogP contribution in [0.1, 0.15) is 32.7 Å². The minimum Gasteiger partial charge on any atom is -0.462 e. The van der Waals surface area contributed by atoms with Crippen molar-refractivity contribution in [3.05, 3.63) is 83.1 Å².